The van der Waals surface area contributed by atoms with Crippen LogP contribution in [0.4, 0.5) is 11.4 Å². The second-order valence-corrected chi connectivity index (χ2v) is 6.91. The first-order valence-corrected chi connectivity index (χ1v) is 10.0. The van der Waals surface area contributed by atoms with Gasteiger partial charge < -0.3 is 20.4 Å². The number of hydrogen-bond acceptors (Lipinski definition) is 4. The highest BCUT2D eigenvalue weighted by Crippen LogP contribution is 2.23. The van der Waals surface area contributed by atoms with Crippen molar-refractivity contribution in [2.24, 2.45) is 0 Å². The summed E-state index contributed by atoms with van der Waals surface area (Å²) in [5, 5.41) is 5.90. The average Bonchev–Trinajstić information content (AvgIpc) is 2.65. The van der Waals surface area contributed by atoms with Gasteiger partial charge in [0.25, 0.3) is 5.91 Å². The summed E-state index contributed by atoms with van der Waals surface area (Å²) in [5.41, 5.74) is 2.07. The van der Waals surface area contributed by atoms with Gasteiger partial charge in [-0.05, 0) is 37.7 Å². The lowest BCUT2D eigenvalue weighted by atomic mass is 10.1. The summed E-state index contributed by atoms with van der Waals surface area (Å²) in [5.74, 6) is -0.123. The maximum atomic E-state index is 12.7. The molecule has 1 rings (SSSR count). The van der Waals surface area contributed by atoms with Crippen molar-refractivity contribution >= 4 is 23.2 Å². The molecule has 0 saturated carbocycles. The van der Waals surface area contributed by atoms with Crippen molar-refractivity contribution < 1.29 is 9.59 Å². The van der Waals surface area contributed by atoms with E-state index in [0.29, 0.717) is 24.2 Å². The lowest BCUT2D eigenvalue weighted by molar-refractivity contribution is -0.116. The Kier molecular flexibility index (Phi) is 10.5. The van der Waals surface area contributed by atoms with Crippen molar-refractivity contribution in [3.8, 4) is 0 Å². The summed E-state index contributed by atoms with van der Waals surface area (Å²) in [6.45, 7) is 9.70. The molecular formula is C21H36N4O2. The molecule has 0 atom stereocenters. The fraction of sp³-hybridized carbons (Fsp3) is 0.619. The molecule has 0 bridgehead atoms. The van der Waals surface area contributed by atoms with Crippen LogP contribution in [0.3, 0.4) is 0 Å². The van der Waals surface area contributed by atoms with E-state index in [1.807, 2.05) is 31.1 Å². The smallest absolute Gasteiger partial charge is 0.253 e. The quantitative estimate of drug-likeness (QED) is 0.549. The highest BCUT2D eigenvalue weighted by atomic mass is 16.2. The molecule has 0 aliphatic rings. The molecule has 27 heavy (non-hydrogen) atoms. The van der Waals surface area contributed by atoms with Crippen molar-refractivity contribution in [3.05, 3.63) is 23.8 Å². The molecule has 0 spiro atoms. The monoisotopic (exact) mass is 376 g/mol. The minimum Gasteiger partial charge on any atom is -0.377 e. The first kappa shape index (κ1) is 23.0. The third kappa shape index (κ3) is 7.99. The summed E-state index contributed by atoms with van der Waals surface area (Å²) in [6, 6.07) is 5.49. The maximum absolute atomic E-state index is 12.7. The van der Waals surface area contributed by atoms with Crippen LogP contribution in [-0.4, -0.2) is 57.0 Å². The highest BCUT2D eigenvalue weighted by Gasteiger charge is 2.15. The van der Waals surface area contributed by atoms with Gasteiger partial charge in [-0.2, -0.15) is 0 Å². The Bertz CT molecular complexity index is 598. The first-order chi connectivity index (χ1) is 12.9. The number of benzene rings is 1. The van der Waals surface area contributed by atoms with Crippen LogP contribution in [0.25, 0.3) is 0 Å². The van der Waals surface area contributed by atoms with E-state index in [9.17, 15) is 9.59 Å². The highest BCUT2D eigenvalue weighted by molar-refractivity contribution is 6.02. The van der Waals surface area contributed by atoms with Crippen molar-refractivity contribution in [2.45, 2.75) is 46.5 Å². The summed E-state index contributed by atoms with van der Waals surface area (Å²) >= 11 is 0. The number of rotatable bonds is 12. The zero-order valence-electron chi connectivity index (χ0n) is 17.6. The van der Waals surface area contributed by atoms with Crippen molar-refractivity contribution in [1.82, 2.24) is 10.2 Å². The van der Waals surface area contributed by atoms with E-state index in [2.05, 4.69) is 36.3 Å². The molecule has 0 aromatic heterocycles. The molecule has 1 aromatic rings. The van der Waals surface area contributed by atoms with E-state index in [1.165, 1.54) is 0 Å². The topological polar surface area (TPSA) is 64.7 Å². The van der Waals surface area contributed by atoms with Crippen LogP contribution in [0, 0.1) is 0 Å². The number of carbonyl (C=O) groups is 2. The van der Waals surface area contributed by atoms with Crippen molar-refractivity contribution in [1.29, 1.82) is 0 Å². The van der Waals surface area contributed by atoms with Gasteiger partial charge in [0.05, 0.1) is 5.56 Å². The van der Waals surface area contributed by atoms with Crippen LogP contribution in [0.2, 0.25) is 0 Å². The van der Waals surface area contributed by atoms with Crippen molar-refractivity contribution in [3.63, 3.8) is 0 Å². The van der Waals surface area contributed by atoms with E-state index in [0.717, 1.165) is 44.6 Å². The molecule has 0 fully saturated rings. The molecule has 0 unspecified atom stereocenters. The lowest BCUT2D eigenvalue weighted by Crippen LogP contribution is -2.35. The van der Waals surface area contributed by atoms with E-state index in [-0.39, 0.29) is 11.8 Å². The van der Waals surface area contributed by atoms with Gasteiger partial charge in [-0.1, -0.05) is 33.6 Å². The van der Waals surface area contributed by atoms with E-state index in [4.69, 9.17) is 0 Å². The zero-order valence-corrected chi connectivity index (χ0v) is 17.6. The Morgan fingerprint density at radius 1 is 1.04 bits per heavy atom. The molecule has 0 aliphatic heterocycles. The van der Waals surface area contributed by atoms with Crippen LogP contribution in [0.5, 0.6) is 0 Å². The molecular weight excluding hydrogens is 340 g/mol. The Hall–Kier alpha value is -2.08. The number of carbonyl (C=O) groups excluding carboxylic acids is 2. The van der Waals surface area contributed by atoms with Crippen LogP contribution >= 0.6 is 0 Å². The van der Waals surface area contributed by atoms with Crippen LogP contribution in [-0.2, 0) is 4.79 Å². The number of amides is 2. The summed E-state index contributed by atoms with van der Waals surface area (Å²) in [6.07, 6.45) is 3.53. The molecule has 2 N–H and O–H groups in total. The lowest BCUT2D eigenvalue weighted by Gasteiger charge is -2.20. The van der Waals surface area contributed by atoms with Crippen molar-refractivity contribution in [2.75, 3.05) is 50.5 Å². The molecule has 0 radical (unpaired) electrons. The largest absolute Gasteiger partial charge is 0.377 e. The number of hydrogen-bond donors (Lipinski definition) is 2. The molecule has 2 amide bonds. The van der Waals surface area contributed by atoms with E-state index >= 15 is 0 Å². The predicted octanol–water partition coefficient (Wildman–Crippen LogP) is 3.34. The molecule has 152 valence electrons. The standard InChI is InChI=1S/C21H36N4O2/c1-6-9-10-11-20(26)23-17-12-13-19(24(4)5)18(16-17)21(27)22-14-15-25(7-2)8-3/h12-13,16H,6-11,14-15H2,1-5H3,(H,22,27)(H,23,26). The maximum Gasteiger partial charge on any atom is 0.253 e. The minimum atomic E-state index is -0.118. The second kappa shape index (κ2) is 12.3. The Labute approximate surface area is 164 Å². The normalized spacial score (nSPS) is 10.7. The van der Waals surface area contributed by atoms with Crippen LogP contribution in [0.15, 0.2) is 18.2 Å². The molecule has 6 heteroatoms. The van der Waals surface area contributed by atoms with Gasteiger partial charge in [-0.3, -0.25) is 9.59 Å². The van der Waals surface area contributed by atoms with Gasteiger partial charge in [0, 0.05) is 45.0 Å². The van der Waals surface area contributed by atoms with E-state index in [1.54, 1.807) is 6.07 Å². The Balaban J connectivity index is 2.80. The third-order valence-electron chi connectivity index (χ3n) is 4.62. The van der Waals surface area contributed by atoms with Gasteiger partial charge in [-0.15, -0.1) is 0 Å². The molecule has 0 aliphatic carbocycles. The summed E-state index contributed by atoms with van der Waals surface area (Å²) in [7, 11) is 3.82. The van der Waals surface area contributed by atoms with Gasteiger partial charge in [-0.25, -0.2) is 0 Å². The molecule has 0 saturated heterocycles. The molecule has 1 aromatic carbocycles. The Morgan fingerprint density at radius 3 is 2.33 bits per heavy atom. The number of likely N-dealkylation sites (N-methyl/N-ethyl adjacent to an activating group) is 1. The summed E-state index contributed by atoms with van der Waals surface area (Å²) < 4.78 is 0. The number of nitrogens with zero attached hydrogens (tertiary/aromatic N) is 2. The fourth-order valence-electron chi connectivity index (χ4n) is 2.91. The van der Waals surface area contributed by atoms with E-state index < -0.39 is 0 Å². The van der Waals surface area contributed by atoms with Gasteiger partial charge in [0.1, 0.15) is 0 Å². The Morgan fingerprint density at radius 2 is 1.74 bits per heavy atom. The van der Waals surface area contributed by atoms with Crippen LogP contribution < -0.4 is 15.5 Å². The summed E-state index contributed by atoms with van der Waals surface area (Å²) in [4.78, 5) is 29.0. The molecule has 6 nitrogen and oxygen atoms in total. The second-order valence-electron chi connectivity index (χ2n) is 6.91. The fourth-order valence-corrected chi connectivity index (χ4v) is 2.91. The van der Waals surface area contributed by atoms with Crippen LogP contribution in [0.1, 0.15) is 56.8 Å². The first-order valence-electron chi connectivity index (χ1n) is 10.0. The third-order valence-corrected chi connectivity index (χ3v) is 4.62. The average molecular weight is 377 g/mol. The SMILES string of the molecule is CCCCCC(=O)Nc1ccc(N(C)C)c(C(=O)NCCN(CC)CC)c1. The molecule has 0 heterocycles. The minimum absolute atomic E-state index is 0.00561. The number of unbranched alkanes of at least 4 members (excludes halogenated alkanes) is 2. The zero-order chi connectivity index (χ0) is 20.2. The van der Waals surface area contributed by atoms with Gasteiger partial charge >= 0.3 is 0 Å². The predicted molar refractivity (Wildman–Crippen MR) is 114 cm³/mol. The number of anilines is 2. The van der Waals surface area contributed by atoms with Gasteiger partial charge in [0.15, 0.2) is 0 Å². The number of nitrogens with one attached hydrogen (secondary N) is 2. The van der Waals surface area contributed by atoms with Gasteiger partial charge in [0.2, 0.25) is 5.91 Å².